The summed E-state index contributed by atoms with van der Waals surface area (Å²) in [5.41, 5.74) is 9.85. The third kappa shape index (κ3) is 3.86. The van der Waals surface area contributed by atoms with Gasteiger partial charge in [-0.05, 0) is 71.8 Å². The van der Waals surface area contributed by atoms with Gasteiger partial charge in [0.25, 0.3) is 0 Å². The van der Waals surface area contributed by atoms with Crippen molar-refractivity contribution in [3.05, 3.63) is 82.5 Å². The lowest BCUT2D eigenvalue weighted by molar-refractivity contribution is 0.586. The Hall–Kier alpha value is -3.50. The van der Waals surface area contributed by atoms with E-state index in [9.17, 15) is 0 Å². The number of aromatic nitrogens is 2. The molecule has 3 heterocycles. The van der Waals surface area contributed by atoms with E-state index in [1.165, 1.54) is 16.7 Å². The number of benzene rings is 3. The molecule has 186 valence electrons. The largest absolute Gasteiger partial charge is 0.453 e. The number of hydrogen-bond acceptors (Lipinski definition) is 4. The molecule has 0 amide bonds. The van der Waals surface area contributed by atoms with Crippen LogP contribution in [0.5, 0.6) is 0 Å². The van der Waals surface area contributed by atoms with Crippen molar-refractivity contribution < 1.29 is 5.79 Å². The molecule has 0 aliphatic carbocycles. The van der Waals surface area contributed by atoms with Crippen LogP contribution in [0.25, 0.3) is 54.5 Å². The number of para-hydroxylation sites is 1. The van der Waals surface area contributed by atoms with Gasteiger partial charge in [-0.15, -0.1) is 11.3 Å². The molecule has 0 aliphatic heterocycles. The zero-order chi connectivity index (χ0) is 27.0. The molecule has 6 aromatic rings. The molecule has 0 N–H and O–H groups in total. The standard InChI is InChI=1S/C33H32N2OS/c1-18(2)25-17-34-26(16-24(25)28-19(3)10-8-11-20(28)4)23-13-9-12-21-22-14-15-27-29(31(22)36-30(21)23)35-32(37-27)33(5,6)7/h8-18H,1-7H3/i18D. The van der Waals surface area contributed by atoms with Crippen LogP contribution >= 0.6 is 11.3 Å². The molecule has 3 nitrogen and oxygen atoms in total. The normalized spacial score (nSPS) is 13.1. The molecule has 37 heavy (non-hydrogen) atoms. The van der Waals surface area contributed by atoms with Crippen LogP contribution in [0.1, 0.15) is 63.6 Å². The second-order valence-corrected chi connectivity index (χ2v) is 12.3. The molecule has 0 aliphatic rings. The van der Waals surface area contributed by atoms with Crippen LogP contribution < -0.4 is 0 Å². The summed E-state index contributed by atoms with van der Waals surface area (Å²) in [5.74, 6) is -0.790. The van der Waals surface area contributed by atoms with Gasteiger partial charge in [0.2, 0.25) is 0 Å². The quantitative estimate of drug-likeness (QED) is 0.240. The van der Waals surface area contributed by atoms with Crippen LogP contribution in [-0.4, -0.2) is 9.97 Å². The highest BCUT2D eigenvalue weighted by atomic mass is 32.1. The second-order valence-electron chi connectivity index (χ2n) is 11.2. The van der Waals surface area contributed by atoms with Gasteiger partial charge in [-0.3, -0.25) is 4.98 Å². The van der Waals surface area contributed by atoms with E-state index >= 15 is 0 Å². The first-order valence-electron chi connectivity index (χ1n) is 13.3. The SMILES string of the molecule is [2H]C(C)(C)c1cnc(-c2cccc3c2oc2c3ccc3sc(C(C)(C)C)nc32)cc1-c1c(C)cccc1C. The van der Waals surface area contributed by atoms with Crippen LogP contribution in [-0.2, 0) is 5.41 Å². The molecule has 0 saturated carbocycles. The number of rotatable bonds is 3. The maximum Gasteiger partial charge on any atom is 0.162 e. The third-order valence-corrected chi connectivity index (χ3v) is 8.58. The van der Waals surface area contributed by atoms with E-state index in [4.69, 9.17) is 15.8 Å². The average Bonchev–Trinajstić information content (AvgIpc) is 3.45. The Labute approximate surface area is 223 Å². The Morgan fingerprint density at radius 3 is 2.30 bits per heavy atom. The summed E-state index contributed by atoms with van der Waals surface area (Å²) in [6, 6.07) is 19.1. The molecule has 3 aromatic heterocycles. The Morgan fingerprint density at radius 2 is 1.59 bits per heavy atom. The zero-order valence-electron chi connectivity index (χ0n) is 23.5. The lowest BCUT2D eigenvalue weighted by Crippen LogP contribution is -2.09. The average molecular weight is 506 g/mol. The van der Waals surface area contributed by atoms with Gasteiger partial charge in [0.05, 0.1) is 15.4 Å². The van der Waals surface area contributed by atoms with Gasteiger partial charge in [-0.25, -0.2) is 4.98 Å². The number of nitrogens with zero attached hydrogens (tertiary/aromatic N) is 2. The van der Waals surface area contributed by atoms with Crippen LogP contribution in [0.3, 0.4) is 0 Å². The van der Waals surface area contributed by atoms with Gasteiger partial charge in [0.15, 0.2) is 5.58 Å². The zero-order valence-corrected chi connectivity index (χ0v) is 23.3. The lowest BCUT2D eigenvalue weighted by Gasteiger charge is -2.18. The van der Waals surface area contributed by atoms with Gasteiger partial charge in [0.1, 0.15) is 11.1 Å². The molecule has 3 aromatic carbocycles. The molecular weight excluding hydrogens is 472 g/mol. The summed E-state index contributed by atoms with van der Waals surface area (Å²) in [7, 11) is 0. The summed E-state index contributed by atoms with van der Waals surface area (Å²) in [5, 5.41) is 3.23. The topological polar surface area (TPSA) is 38.9 Å². The number of hydrogen-bond donors (Lipinski definition) is 0. The molecule has 4 heteroatoms. The minimum absolute atomic E-state index is 0.0193. The molecule has 0 radical (unpaired) electrons. The van der Waals surface area contributed by atoms with E-state index < -0.39 is 5.89 Å². The molecule has 0 spiro atoms. The van der Waals surface area contributed by atoms with Crippen molar-refractivity contribution in [2.24, 2.45) is 0 Å². The van der Waals surface area contributed by atoms with Gasteiger partial charge in [-0.1, -0.05) is 65.0 Å². The van der Waals surface area contributed by atoms with Crippen molar-refractivity contribution in [3.8, 4) is 22.4 Å². The van der Waals surface area contributed by atoms with Gasteiger partial charge < -0.3 is 4.42 Å². The Balaban J connectivity index is 1.62. The molecule has 6 rings (SSSR count). The van der Waals surface area contributed by atoms with Crippen LogP contribution in [0.15, 0.2) is 65.2 Å². The van der Waals surface area contributed by atoms with Gasteiger partial charge in [-0.2, -0.15) is 0 Å². The smallest absolute Gasteiger partial charge is 0.162 e. The number of thiazole rings is 1. The first kappa shape index (κ1) is 22.7. The summed E-state index contributed by atoms with van der Waals surface area (Å²) < 4.78 is 16.6. The molecular formula is C33H32N2OS. The first-order chi connectivity index (χ1) is 17.9. The number of pyridine rings is 1. The van der Waals surface area contributed by atoms with E-state index in [1.807, 2.05) is 20.0 Å². The fourth-order valence-corrected chi connectivity index (χ4v) is 6.24. The predicted molar refractivity (Wildman–Crippen MR) is 158 cm³/mol. The van der Waals surface area contributed by atoms with Crippen molar-refractivity contribution in [3.63, 3.8) is 0 Å². The van der Waals surface area contributed by atoms with Crippen molar-refractivity contribution in [1.82, 2.24) is 9.97 Å². The monoisotopic (exact) mass is 505 g/mol. The fraction of sp³-hybridized carbons (Fsp3) is 0.273. The van der Waals surface area contributed by atoms with Gasteiger partial charge >= 0.3 is 0 Å². The highest BCUT2D eigenvalue weighted by Gasteiger charge is 2.23. The lowest BCUT2D eigenvalue weighted by atomic mass is 9.88. The number of aryl methyl sites for hydroxylation is 2. The van der Waals surface area contributed by atoms with E-state index in [0.717, 1.165) is 59.5 Å². The van der Waals surface area contributed by atoms with E-state index in [-0.39, 0.29) is 5.41 Å². The fourth-order valence-electron chi connectivity index (χ4n) is 5.22. The summed E-state index contributed by atoms with van der Waals surface area (Å²) >= 11 is 1.73. The van der Waals surface area contributed by atoms with Crippen molar-refractivity contribution in [1.29, 1.82) is 0 Å². The van der Waals surface area contributed by atoms with Crippen LogP contribution in [0.4, 0.5) is 0 Å². The molecule has 0 saturated heterocycles. The second kappa shape index (κ2) is 8.53. The highest BCUT2D eigenvalue weighted by Crippen LogP contribution is 2.42. The summed E-state index contributed by atoms with van der Waals surface area (Å²) in [6.07, 6.45) is 1.87. The summed E-state index contributed by atoms with van der Waals surface area (Å²) in [4.78, 5) is 9.90. The Morgan fingerprint density at radius 1 is 0.892 bits per heavy atom. The minimum Gasteiger partial charge on any atom is -0.453 e. The van der Waals surface area contributed by atoms with Crippen LogP contribution in [0, 0.1) is 13.8 Å². The minimum atomic E-state index is -0.790. The highest BCUT2D eigenvalue weighted by molar-refractivity contribution is 7.18. The first-order valence-corrected chi connectivity index (χ1v) is 13.6. The maximum atomic E-state index is 8.84. The third-order valence-electron chi connectivity index (χ3n) is 7.13. The van der Waals surface area contributed by atoms with Crippen molar-refractivity contribution >= 4 is 43.5 Å². The molecule has 0 unspecified atom stereocenters. The molecule has 0 bridgehead atoms. The van der Waals surface area contributed by atoms with E-state index in [0.29, 0.717) is 0 Å². The summed E-state index contributed by atoms with van der Waals surface area (Å²) in [6.45, 7) is 14.7. The maximum absolute atomic E-state index is 8.84. The van der Waals surface area contributed by atoms with Crippen molar-refractivity contribution in [2.75, 3.05) is 0 Å². The van der Waals surface area contributed by atoms with Gasteiger partial charge in [0, 0.05) is 29.3 Å². The number of furan rings is 1. The number of fused-ring (bicyclic) bond motifs is 5. The van der Waals surface area contributed by atoms with E-state index in [1.54, 1.807) is 11.3 Å². The van der Waals surface area contributed by atoms with E-state index in [2.05, 4.69) is 89.2 Å². The Bertz CT molecular complexity index is 1840. The Kier molecular flexibility index (Phi) is 5.23. The van der Waals surface area contributed by atoms with Crippen LogP contribution in [0.2, 0.25) is 0 Å². The molecule has 0 fully saturated rings. The predicted octanol–water partition coefficient (Wildman–Crippen LogP) is 9.96. The molecule has 0 atom stereocenters. The van der Waals surface area contributed by atoms with Crippen molar-refractivity contribution in [2.45, 2.75) is 59.8 Å².